The van der Waals surface area contributed by atoms with Crippen LogP contribution in [-0.4, -0.2) is 61.0 Å². The van der Waals surface area contributed by atoms with Gasteiger partial charge in [0.2, 0.25) is 0 Å². The maximum absolute atomic E-state index is 10.2. The molecule has 2 aliphatic heterocycles. The van der Waals surface area contributed by atoms with Crippen LogP contribution in [0.2, 0.25) is 0 Å². The molecule has 0 aliphatic carbocycles. The minimum atomic E-state index is -0.258. The highest BCUT2D eigenvalue weighted by Crippen LogP contribution is 2.31. The van der Waals surface area contributed by atoms with Crippen molar-refractivity contribution in [3.8, 4) is 0 Å². The third-order valence-electron chi connectivity index (χ3n) is 5.72. The number of benzene rings is 1. The maximum Gasteiger partial charge on any atom is 0.133 e. The molecule has 1 unspecified atom stereocenters. The van der Waals surface area contributed by atoms with E-state index in [1.807, 2.05) is 0 Å². The lowest BCUT2D eigenvalue weighted by atomic mass is 9.88. The number of aryl methyl sites for hydroxylation is 1. The average Bonchev–Trinajstić information content (AvgIpc) is 2.59. The molecule has 0 bridgehead atoms. The monoisotopic (exact) mass is 369 g/mol. The molecule has 2 aromatic rings. The third kappa shape index (κ3) is 4.10. The molecule has 146 valence electrons. The molecule has 1 aromatic carbocycles. The number of hydrogen-bond acceptors (Lipinski definition) is 5. The van der Waals surface area contributed by atoms with Crippen molar-refractivity contribution in [3.05, 3.63) is 35.4 Å². The van der Waals surface area contributed by atoms with E-state index in [0.29, 0.717) is 6.54 Å². The van der Waals surface area contributed by atoms with Gasteiger partial charge in [-0.3, -0.25) is 0 Å². The molecular weight excluding hydrogens is 338 g/mol. The van der Waals surface area contributed by atoms with Crippen molar-refractivity contribution in [2.45, 2.75) is 39.3 Å². The second-order valence-electron chi connectivity index (χ2n) is 8.89. The number of piperidine rings is 1. The van der Waals surface area contributed by atoms with Crippen molar-refractivity contribution in [2.24, 2.45) is 5.41 Å². The number of aromatic nitrogens is 1. The van der Waals surface area contributed by atoms with Crippen LogP contribution < -0.4 is 4.90 Å². The van der Waals surface area contributed by atoms with Gasteiger partial charge in [0.05, 0.1) is 24.8 Å². The third-order valence-corrected chi connectivity index (χ3v) is 5.72. The Labute approximate surface area is 161 Å². The Hall–Kier alpha value is -1.69. The van der Waals surface area contributed by atoms with Gasteiger partial charge in [-0.2, -0.15) is 0 Å². The first-order chi connectivity index (χ1) is 12.9. The topological polar surface area (TPSA) is 48.8 Å². The minimum absolute atomic E-state index is 0.258. The van der Waals surface area contributed by atoms with Crippen LogP contribution in [0.3, 0.4) is 0 Å². The molecule has 5 nitrogen and oxygen atoms in total. The number of rotatable bonds is 5. The molecule has 27 heavy (non-hydrogen) atoms. The summed E-state index contributed by atoms with van der Waals surface area (Å²) in [4.78, 5) is 9.67. The lowest BCUT2D eigenvalue weighted by Gasteiger charge is -2.41. The molecule has 2 saturated heterocycles. The van der Waals surface area contributed by atoms with Gasteiger partial charge in [0.1, 0.15) is 5.82 Å². The summed E-state index contributed by atoms with van der Waals surface area (Å²) in [6.07, 6.45) is 1.64. The van der Waals surface area contributed by atoms with Gasteiger partial charge in [-0.1, -0.05) is 18.6 Å². The van der Waals surface area contributed by atoms with Crippen molar-refractivity contribution in [2.75, 3.05) is 44.8 Å². The SMILES string of the molecule is Cc1ccc2nc(N3CCCC(O)C3)c(CN(C)CC3(C)COC3)cc2c1. The molecule has 0 saturated carbocycles. The van der Waals surface area contributed by atoms with Crippen molar-refractivity contribution in [1.29, 1.82) is 0 Å². The molecular formula is C22H31N3O2. The van der Waals surface area contributed by atoms with Crippen LogP contribution in [0.5, 0.6) is 0 Å². The van der Waals surface area contributed by atoms with Crippen molar-refractivity contribution < 1.29 is 9.84 Å². The van der Waals surface area contributed by atoms with E-state index < -0.39 is 0 Å². The van der Waals surface area contributed by atoms with Crippen LogP contribution in [0.15, 0.2) is 24.3 Å². The number of aliphatic hydroxyl groups excluding tert-OH is 1. The van der Waals surface area contributed by atoms with E-state index >= 15 is 0 Å². The number of pyridine rings is 1. The Morgan fingerprint density at radius 2 is 2.15 bits per heavy atom. The number of ether oxygens (including phenoxy) is 1. The summed E-state index contributed by atoms with van der Waals surface area (Å²) in [7, 11) is 2.18. The summed E-state index contributed by atoms with van der Waals surface area (Å²) in [5.41, 5.74) is 3.79. The first kappa shape index (κ1) is 18.7. The van der Waals surface area contributed by atoms with Gasteiger partial charge in [0.15, 0.2) is 0 Å². The van der Waals surface area contributed by atoms with E-state index in [9.17, 15) is 5.11 Å². The largest absolute Gasteiger partial charge is 0.391 e. The molecule has 5 heteroatoms. The Kier molecular flexibility index (Phi) is 5.10. The standard InChI is InChI=1S/C22H31N3O2/c1-16-6-7-20-17(9-16)10-18(11-24(3)13-22(2)14-27-15-22)21(23-20)25-8-4-5-19(26)12-25/h6-7,9-10,19,26H,4-5,8,11-15H2,1-3H3. The Morgan fingerprint density at radius 1 is 1.33 bits per heavy atom. The van der Waals surface area contributed by atoms with E-state index in [-0.39, 0.29) is 11.5 Å². The van der Waals surface area contributed by atoms with Gasteiger partial charge >= 0.3 is 0 Å². The number of fused-ring (bicyclic) bond motifs is 1. The predicted octanol–water partition coefficient (Wildman–Crippen LogP) is 2.97. The molecule has 2 fully saturated rings. The van der Waals surface area contributed by atoms with E-state index in [4.69, 9.17) is 9.72 Å². The lowest BCUT2D eigenvalue weighted by molar-refractivity contribution is -0.113. The summed E-state index contributed by atoms with van der Waals surface area (Å²) in [6, 6.07) is 8.73. The van der Waals surface area contributed by atoms with Gasteiger partial charge in [-0.15, -0.1) is 0 Å². The highest BCUT2D eigenvalue weighted by atomic mass is 16.5. The summed E-state index contributed by atoms with van der Waals surface area (Å²) >= 11 is 0. The van der Waals surface area contributed by atoms with Gasteiger partial charge in [-0.05, 0) is 45.0 Å². The van der Waals surface area contributed by atoms with Crippen molar-refractivity contribution >= 4 is 16.7 Å². The van der Waals surface area contributed by atoms with Crippen LogP contribution in [-0.2, 0) is 11.3 Å². The Morgan fingerprint density at radius 3 is 2.85 bits per heavy atom. The Bertz CT molecular complexity index is 819. The average molecular weight is 370 g/mol. The number of β-amino-alcohol motifs (C(OH)–C–C–N with tert-alkyl or cyclic N) is 1. The fourth-order valence-corrected chi connectivity index (χ4v) is 4.41. The second kappa shape index (κ2) is 7.38. The molecule has 3 heterocycles. The summed E-state index contributed by atoms with van der Waals surface area (Å²) in [5.74, 6) is 1.03. The summed E-state index contributed by atoms with van der Waals surface area (Å²) in [5, 5.41) is 11.4. The van der Waals surface area contributed by atoms with E-state index in [0.717, 1.165) is 57.0 Å². The van der Waals surface area contributed by atoms with Crippen LogP contribution in [0, 0.1) is 12.3 Å². The minimum Gasteiger partial charge on any atom is -0.391 e. The fraction of sp³-hybridized carbons (Fsp3) is 0.591. The molecule has 2 aliphatic rings. The first-order valence-corrected chi connectivity index (χ1v) is 10.0. The van der Waals surface area contributed by atoms with Gasteiger partial charge < -0.3 is 19.6 Å². The molecule has 0 amide bonds. The van der Waals surface area contributed by atoms with Crippen LogP contribution in [0.25, 0.3) is 10.9 Å². The number of anilines is 1. The Balaban J connectivity index is 1.65. The number of aliphatic hydroxyl groups is 1. The molecule has 1 N–H and O–H groups in total. The first-order valence-electron chi connectivity index (χ1n) is 10.0. The van der Waals surface area contributed by atoms with Gasteiger partial charge in [-0.25, -0.2) is 4.98 Å². The lowest BCUT2D eigenvalue weighted by Crippen LogP contribution is -2.47. The van der Waals surface area contributed by atoms with E-state index in [1.165, 1.54) is 16.5 Å². The maximum atomic E-state index is 10.2. The molecule has 0 spiro atoms. The van der Waals surface area contributed by atoms with Crippen molar-refractivity contribution in [3.63, 3.8) is 0 Å². The van der Waals surface area contributed by atoms with Crippen LogP contribution in [0.4, 0.5) is 5.82 Å². The van der Waals surface area contributed by atoms with E-state index in [1.54, 1.807) is 0 Å². The molecule has 0 radical (unpaired) electrons. The van der Waals surface area contributed by atoms with Crippen molar-refractivity contribution in [1.82, 2.24) is 9.88 Å². The zero-order valence-electron chi connectivity index (χ0n) is 16.7. The highest BCUT2D eigenvalue weighted by Gasteiger charge is 2.34. The molecule has 1 atom stereocenters. The fourth-order valence-electron chi connectivity index (χ4n) is 4.41. The zero-order chi connectivity index (χ0) is 19.0. The quantitative estimate of drug-likeness (QED) is 0.878. The zero-order valence-corrected chi connectivity index (χ0v) is 16.7. The van der Waals surface area contributed by atoms with E-state index in [2.05, 4.69) is 55.0 Å². The number of nitrogens with zero attached hydrogens (tertiary/aromatic N) is 3. The van der Waals surface area contributed by atoms with Gasteiger partial charge in [0, 0.05) is 42.5 Å². The number of hydrogen-bond donors (Lipinski definition) is 1. The highest BCUT2D eigenvalue weighted by molar-refractivity contribution is 5.82. The predicted molar refractivity (Wildman–Crippen MR) is 109 cm³/mol. The van der Waals surface area contributed by atoms with Gasteiger partial charge in [0.25, 0.3) is 0 Å². The smallest absolute Gasteiger partial charge is 0.133 e. The van der Waals surface area contributed by atoms with Crippen LogP contribution in [0.1, 0.15) is 30.9 Å². The molecule has 1 aromatic heterocycles. The normalized spacial score (nSPS) is 22.3. The molecule has 4 rings (SSSR count). The second-order valence-corrected chi connectivity index (χ2v) is 8.89. The van der Waals surface area contributed by atoms with Crippen LogP contribution >= 0.6 is 0 Å². The summed E-state index contributed by atoms with van der Waals surface area (Å²) in [6.45, 7) is 9.61. The summed E-state index contributed by atoms with van der Waals surface area (Å²) < 4.78 is 5.42.